The van der Waals surface area contributed by atoms with Gasteiger partial charge in [-0.25, -0.2) is 9.67 Å². The first kappa shape index (κ1) is 16.2. The van der Waals surface area contributed by atoms with Gasteiger partial charge < -0.3 is 10.1 Å². The number of rotatable bonds is 5. The van der Waals surface area contributed by atoms with E-state index in [9.17, 15) is 4.79 Å². The van der Waals surface area contributed by atoms with E-state index in [1.165, 1.54) is 17.3 Å². The molecule has 122 valence electrons. The quantitative estimate of drug-likeness (QED) is 0.772. The maximum Gasteiger partial charge on any atom is 0.255 e. The van der Waals surface area contributed by atoms with Crippen LogP contribution in [0.15, 0.2) is 55.1 Å². The fourth-order valence-corrected chi connectivity index (χ4v) is 2.60. The van der Waals surface area contributed by atoms with Crippen LogP contribution < -0.4 is 5.32 Å². The largest absolute Gasteiger partial charge is 0.380 e. The summed E-state index contributed by atoms with van der Waals surface area (Å²) in [4.78, 5) is 16.5. The average molecular weight is 343 g/mol. The van der Waals surface area contributed by atoms with Crippen molar-refractivity contribution in [2.24, 2.45) is 0 Å². The molecule has 0 aliphatic heterocycles. The number of hydrogen-bond acceptors (Lipinski definition) is 4. The summed E-state index contributed by atoms with van der Waals surface area (Å²) in [6.07, 6.45) is 2.93. The SMILES string of the molecule is COCc1cccc(C(=O)Nc2cccc(Cl)c2-n2cncn2)c1. The van der Waals surface area contributed by atoms with Crippen LogP contribution in [0.4, 0.5) is 5.69 Å². The molecule has 1 heterocycles. The van der Waals surface area contributed by atoms with Crippen molar-refractivity contribution in [2.75, 3.05) is 12.4 Å². The Hall–Kier alpha value is -2.70. The molecule has 1 amide bonds. The first-order chi connectivity index (χ1) is 11.7. The minimum Gasteiger partial charge on any atom is -0.380 e. The van der Waals surface area contributed by atoms with Crippen molar-refractivity contribution in [3.8, 4) is 5.69 Å². The lowest BCUT2D eigenvalue weighted by Crippen LogP contribution is -2.14. The summed E-state index contributed by atoms with van der Waals surface area (Å²) in [5.41, 5.74) is 2.58. The molecule has 0 atom stereocenters. The van der Waals surface area contributed by atoms with Crippen LogP contribution in [-0.4, -0.2) is 27.8 Å². The summed E-state index contributed by atoms with van der Waals surface area (Å²) in [5.74, 6) is -0.239. The molecule has 2 aromatic carbocycles. The summed E-state index contributed by atoms with van der Waals surface area (Å²) >= 11 is 6.26. The van der Waals surface area contributed by atoms with E-state index in [0.29, 0.717) is 28.6 Å². The van der Waals surface area contributed by atoms with Gasteiger partial charge in [0, 0.05) is 12.7 Å². The number of methoxy groups -OCH3 is 1. The highest BCUT2D eigenvalue weighted by Crippen LogP contribution is 2.28. The zero-order valence-electron chi connectivity index (χ0n) is 12.9. The van der Waals surface area contributed by atoms with E-state index in [1.807, 2.05) is 12.1 Å². The average Bonchev–Trinajstić information content (AvgIpc) is 3.09. The third kappa shape index (κ3) is 3.45. The minimum absolute atomic E-state index is 0.239. The molecule has 24 heavy (non-hydrogen) atoms. The highest BCUT2D eigenvalue weighted by molar-refractivity contribution is 6.33. The van der Waals surface area contributed by atoms with E-state index in [2.05, 4.69) is 15.4 Å². The van der Waals surface area contributed by atoms with E-state index >= 15 is 0 Å². The highest BCUT2D eigenvalue weighted by Gasteiger charge is 2.14. The molecular formula is C17H15ClN4O2. The molecule has 0 saturated carbocycles. The Morgan fingerprint density at radius 1 is 1.29 bits per heavy atom. The fourth-order valence-electron chi connectivity index (χ4n) is 2.34. The first-order valence-corrected chi connectivity index (χ1v) is 7.59. The van der Waals surface area contributed by atoms with Gasteiger partial charge in [-0.3, -0.25) is 4.79 Å². The molecule has 1 aromatic heterocycles. The molecule has 7 heteroatoms. The van der Waals surface area contributed by atoms with Crippen LogP contribution in [0.1, 0.15) is 15.9 Å². The van der Waals surface area contributed by atoms with Gasteiger partial charge in [-0.1, -0.05) is 29.8 Å². The van der Waals surface area contributed by atoms with Crippen molar-refractivity contribution in [1.29, 1.82) is 0 Å². The molecule has 0 aliphatic rings. The zero-order chi connectivity index (χ0) is 16.9. The third-order valence-electron chi connectivity index (χ3n) is 3.38. The van der Waals surface area contributed by atoms with Crippen LogP contribution in [0, 0.1) is 0 Å². The summed E-state index contributed by atoms with van der Waals surface area (Å²) in [6, 6.07) is 12.5. The number of hydrogen-bond donors (Lipinski definition) is 1. The Morgan fingerprint density at radius 2 is 2.12 bits per heavy atom. The lowest BCUT2D eigenvalue weighted by molar-refractivity contribution is 0.102. The lowest BCUT2D eigenvalue weighted by atomic mass is 10.1. The first-order valence-electron chi connectivity index (χ1n) is 7.22. The molecule has 3 rings (SSSR count). The molecule has 0 unspecified atom stereocenters. The number of nitrogens with zero attached hydrogens (tertiary/aromatic N) is 3. The number of benzene rings is 2. The van der Waals surface area contributed by atoms with Gasteiger partial charge in [-0.2, -0.15) is 5.10 Å². The van der Waals surface area contributed by atoms with Gasteiger partial charge in [-0.05, 0) is 29.8 Å². The maximum atomic E-state index is 12.6. The van der Waals surface area contributed by atoms with Crippen molar-refractivity contribution in [3.05, 3.63) is 71.3 Å². The van der Waals surface area contributed by atoms with Gasteiger partial charge >= 0.3 is 0 Å². The number of para-hydroxylation sites is 1. The fraction of sp³-hybridized carbons (Fsp3) is 0.118. The van der Waals surface area contributed by atoms with Crippen LogP contribution in [0.3, 0.4) is 0 Å². The monoisotopic (exact) mass is 342 g/mol. The Kier molecular flexibility index (Phi) is 4.88. The van der Waals surface area contributed by atoms with Gasteiger partial charge in [0.2, 0.25) is 0 Å². The van der Waals surface area contributed by atoms with E-state index in [1.54, 1.807) is 37.4 Å². The topological polar surface area (TPSA) is 69.0 Å². The Labute approximate surface area is 144 Å². The molecule has 0 fully saturated rings. The Balaban J connectivity index is 1.90. The number of nitrogens with one attached hydrogen (secondary N) is 1. The number of aromatic nitrogens is 3. The lowest BCUT2D eigenvalue weighted by Gasteiger charge is -2.12. The number of anilines is 1. The van der Waals surface area contributed by atoms with Crippen LogP contribution in [-0.2, 0) is 11.3 Å². The second-order valence-electron chi connectivity index (χ2n) is 5.06. The number of carbonyl (C=O) groups excluding carboxylic acids is 1. The molecule has 0 aliphatic carbocycles. The predicted molar refractivity (Wildman–Crippen MR) is 91.5 cm³/mol. The smallest absolute Gasteiger partial charge is 0.255 e. The highest BCUT2D eigenvalue weighted by atomic mass is 35.5. The van der Waals surface area contributed by atoms with E-state index < -0.39 is 0 Å². The number of ether oxygens (including phenoxy) is 1. The minimum atomic E-state index is -0.239. The van der Waals surface area contributed by atoms with Crippen LogP contribution in [0.25, 0.3) is 5.69 Å². The van der Waals surface area contributed by atoms with Crippen LogP contribution >= 0.6 is 11.6 Å². The standard InChI is InChI=1S/C17H15ClN4O2/c1-24-9-12-4-2-5-13(8-12)17(23)21-15-7-3-6-14(18)16(15)22-11-19-10-20-22/h2-8,10-11H,9H2,1H3,(H,21,23). The number of carbonyl (C=O) groups is 1. The second kappa shape index (κ2) is 7.25. The second-order valence-corrected chi connectivity index (χ2v) is 5.47. The van der Waals surface area contributed by atoms with E-state index in [0.717, 1.165) is 5.56 Å². The van der Waals surface area contributed by atoms with Crippen molar-refractivity contribution in [1.82, 2.24) is 14.8 Å². The summed E-state index contributed by atoms with van der Waals surface area (Å²) < 4.78 is 6.61. The van der Waals surface area contributed by atoms with Crippen molar-refractivity contribution in [3.63, 3.8) is 0 Å². The molecule has 1 N–H and O–H groups in total. The molecule has 0 bridgehead atoms. The summed E-state index contributed by atoms with van der Waals surface area (Å²) in [7, 11) is 1.61. The van der Waals surface area contributed by atoms with Crippen molar-refractivity contribution >= 4 is 23.2 Å². The predicted octanol–water partition coefficient (Wildman–Crippen LogP) is 3.32. The Bertz CT molecular complexity index is 850. The number of amides is 1. The van der Waals surface area contributed by atoms with Gasteiger partial charge in [0.05, 0.1) is 17.3 Å². The zero-order valence-corrected chi connectivity index (χ0v) is 13.7. The summed E-state index contributed by atoms with van der Waals surface area (Å²) in [5, 5.41) is 7.42. The van der Waals surface area contributed by atoms with Crippen LogP contribution in [0.5, 0.6) is 0 Å². The summed E-state index contributed by atoms with van der Waals surface area (Å²) in [6.45, 7) is 0.447. The molecule has 3 aromatic rings. The molecule has 0 saturated heterocycles. The normalized spacial score (nSPS) is 10.6. The van der Waals surface area contributed by atoms with Gasteiger partial charge in [-0.15, -0.1) is 0 Å². The maximum absolute atomic E-state index is 12.6. The Morgan fingerprint density at radius 3 is 2.88 bits per heavy atom. The van der Waals surface area contributed by atoms with Crippen LogP contribution in [0.2, 0.25) is 5.02 Å². The molecule has 0 radical (unpaired) electrons. The molecular weight excluding hydrogens is 328 g/mol. The van der Waals surface area contributed by atoms with Gasteiger partial charge in [0.25, 0.3) is 5.91 Å². The van der Waals surface area contributed by atoms with Gasteiger partial charge in [0.15, 0.2) is 0 Å². The third-order valence-corrected chi connectivity index (χ3v) is 3.69. The van der Waals surface area contributed by atoms with Crippen molar-refractivity contribution < 1.29 is 9.53 Å². The van der Waals surface area contributed by atoms with Crippen molar-refractivity contribution in [2.45, 2.75) is 6.61 Å². The number of halogens is 1. The van der Waals surface area contributed by atoms with E-state index in [-0.39, 0.29) is 5.91 Å². The van der Waals surface area contributed by atoms with E-state index in [4.69, 9.17) is 16.3 Å². The molecule has 6 nitrogen and oxygen atoms in total. The van der Waals surface area contributed by atoms with Gasteiger partial charge in [0.1, 0.15) is 18.3 Å². The molecule has 0 spiro atoms.